The lowest BCUT2D eigenvalue weighted by atomic mass is 10.1. The maximum Gasteiger partial charge on any atom is 0.273 e. The summed E-state index contributed by atoms with van der Waals surface area (Å²) in [6, 6.07) is 12.6. The minimum Gasteiger partial charge on any atom is -0.484 e. The number of rotatable bonds is 6. The summed E-state index contributed by atoms with van der Waals surface area (Å²) < 4.78 is 10.3. The lowest BCUT2D eigenvalue weighted by Crippen LogP contribution is -2.20. The number of carbonyl (C=O) groups is 1. The standard InChI is InChI=1S/C17H14N4O5/c1-11-18-17(20-26-11)14-7-2-3-8-15(14)19-16(22)10-25-13-6-4-5-12(9-13)21(23)24/h2-9H,10H2,1H3,(H,19,22). The molecule has 0 fully saturated rings. The van der Waals surface area contributed by atoms with E-state index in [9.17, 15) is 14.9 Å². The number of carbonyl (C=O) groups excluding carboxylic acids is 1. The van der Waals surface area contributed by atoms with E-state index >= 15 is 0 Å². The molecule has 0 saturated carbocycles. The number of anilines is 1. The van der Waals surface area contributed by atoms with E-state index in [-0.39, 0.29) is 18.0 Å². The van der Waals surface area contributed by atoms with Crippen molar-refractivity contribution in [2.45, 2.75) is 6.92 Å². The SMILES string of the molecule is Cc1nc(-c2ccccc2NC(=O)COc2cccc([N+](=O)[O-])c2)no1. The molecular formula is C17H14N4O5. The van der Waals surface area contributed by atoms with Crippen LogP contribution < -0.4 is 10.1 Å². The number of hydrogen-bond acceptors (Lipinski definition) is 7. The zero-order valence-electron chi connectivity index (χ0n) is 13.7. The average molecular weight is 354 g/mol. The van der Waals surface area contributed by atoms with E-state index in [2.05, 4.69) is 15.5 Å². The van der Waals surface area contributed by atoms with E-state index < -0.39 is 10.8 Å². The van der Waals surface area contributed by atoms with E-state index in [4.69, 9.17) is 9.26 Å². The monoisotopic (exact) mass is 354 g/mol. The van der Waals surface area contributed by atoms with Gasteiger partial charge in [-0.05, 0) is 18.2 Å². The van der Waals surface area contributed by atoms with Gasteiger partial charge in [0.25, 0.3) is 11.6 Å². The average Bonchev–Trinajstić information content (AvgIpc) is 3.07. The quantitative estimate of drug-likeness (QED) is 0.533. The minimum absolute atomic E-state index is 0.110. The molecule has 2 aromatic carbocycles. The van der Waals surface area contributed by atoms with Gasteiger partial charge in [-0.1, -0.05) is 23.4 Å². The predicted octanol–water partition coefficient (Wildman–Crippen LogP) is 2.97. The number of nitrogens with zero attached hydrogens (tertiary/aromatic N) is 3. The van der Waals surface area contributed by atoms with Crippen LogP contribution in [0, 0.1) is 17.0 Å². The molecule has 1 N–H and O–H groups in total. The normalized spacial score (nSPS) is 10.3. The van der Waals surface area contributed by atoms with Crippen LogP contribution in [0.2, 0.25) is 0 Å². The highest BCUT2D eigenvalue weighted by atomic mass is 16.6. The first kappa shape index (κ1) is 17.1. The molecule has 9 nitrogen and oxygen atoms in total. The molecule has 1 amide bonds. The Morgan fingerprint density at radius 3 is 2.81 bits per heavy atom. The Hall–Kier alpha value is -3.75. The van der Waals surface area contributed by atoms with Crippen molar-refractivity contribution in [3.05, 3.63) is 64.5 Å². The van der Waals surface area contributed by atoms with Crippen LogP contribution in [-0.4, -0.2) is 27.6 Å². The Bertz CT molecular complexity index is 954. The number of ether oxygens (including phenoxy) is 1. The van der Waals surface area contributed by atoms with Crippen molar-refractivity contribution in [3.8, 4) is 17.1 Å². The number of nitrogens with one attached hydrogen (secondary N) is 1. The maximum absolute atomic E-state index is 12.2. The van der Waals surface area contributed by atoms with Crippen molar-refractivity contribution >= 4 is 17.3 Å². The Kier molecular flexibility index (Phi) is 4.88. The first-order chi connectivity index (χ1) is 12.5. The van der Waals surface area contributed by atoms with Gasteiger partial charge in [0.15, 0.2) is 6.61 Å². The number of nitro benzene ring substituents is 1. The van der Waals surface area contributed by atoms with Gasteiger partial charge in [0, 0.05) is 18.6 Å². The predicted molar refractivity (Wildman–Crippen MR) is 91.7 cm³/mol. The van der Waals surface area contributed by atoms with Crippen molar-refractivity contribution in [2.24, 2.45) is 0 Å². The van der Waals surface area contributed by atoms with Gasteiger partial charge in [0.2, 0.25) is 11.7 Å². The van der Waals surface area contributed by atoms with Crippen LogP contribution in [0.1, 0.15) is 5.89 Å². The van der Waals surface area contributed by atoms with Crippen LogP contribution >= 0.6 is 0 Å². The molecule has 3 rings (SSSR count). The summed E-state index contributed by atoms with van der Waals surface area (Å²) in [5.74, 6) is 0.578. The molecule has 0 unspecified atom stereocenters. The molecule has 3 aromatic rings. The summed E-state index contributed by atoms with van der Waals surface area (Å²) >= 11 is 0. The lowest BCUT2D eigenvalue weighted by molar-refractivity contribution is -0.384. The number of benzene rings is 2. The van der Waals surface area contributed by atoms with Crippen molar-refractivity contribution in [1.82, 2.24) is 10.1 Å². The molecule has 0 aliphatic heterocycles. The topological polar surface area (TPSA) is 120 Å². The van der Waals surface area contributed by atoms with Gasteiger partial charge in [-0.2, -0.15) is 4.98 Å². The molecule has 132 valence electrons. The smallest absolute Gasteiger partial charge is 0.273 e. The van der Waals surface area contributed by atoms with Crippen LogP contribution in [0.5, 0.6) is 5.75 Å². The van der Waals surface area contributed by atoms with E-state index in [0.717, 1.165) is 0 Å². The Balaban J connectivity index is 1.68. The molecule has 0 aliphatic rings. The van der Waals surface area contributed by atoms with E-state index in [1.807, 2.05) is 0 Å². The highest BCUT2D eigenvalue weighted by Crippen LogP contribution is 2.25. The maximum atomic E-state index is 12.2. The number of amides is 1. The van der Waals surface area contributed by atoms with Crippen LogP contribution in [-0.2, 0) is 4.79 Å². The highest BCUT2D eigenvalue weighted by molar-refractivity contribution is 5.95. The number of para-hydroxylation sites is 1. The van der Waals surface area contributed by atoms with Crippen LogP contribution in [0.3, 0.4) is 0 Å². The second-order valence-electron chi connectivity index (χ2n) is 5.27. The Morgan fingerprint density at radius 2 is 2.08 bits per heavy atom. The third-order valence-electron chi connectivity index (χ3n) is 3.37. The Morgan fingerprint density at radius 1 is 1.27 bits per heavy atom. The fraction of sp³-hybridized carbons (Fsp3) is 0.118. The number of nitro groups is 1. The molecule has 0 bridgehead atoms. The summed E-state index contributed by atoms with van der Waals surface area (Å²) in [7, 11) is 0. The molecule has 26 heavy (non-hydrogen) atoms. The van der Waals surface area contributed by atoms with Gasteiger partial charge >= 0.3 is 0 Å². The largest absolute Gasteiger partial charge is 0.484 e. The fourth-order valence-electron chi connectivity index (χ4n) is 2.22. The van der Waals surface area contributed by atoms with Crippen molar-refractivity contribution in [3.63, 3.8) is 0 Å². The second-order valence-corrected chi connectivity index (χ2v) is 5.27. The lowest BCUT2D eigenvalue weighted by Gasteiger charge is -2.09. The molecule has 0 spiro atoms. The number of aromatic nitrogens is 2. The zero-order valence-corrected chi connectivity index (χ0v) is 13.7. The summed E-state index contributed by atoms with van der Waals surface area (Å²) in [6.45, 7) is 1.37. The van der Waals surface area contributed by atoms with E-state index in [1.54, 1.807) is 31.2 Å². The fourth-order valence-corrected chi connectivity index (χ4v) is 2.22. The van der Waals surface area contributed by atoms with Gasteiger partial charge in [0.05, 0.1) is 16.7 Å². The van der Waals surface area contributed by atoms with Crippen molar-refractivity contribution in [2.75, 3.05) is 11.9 Å². The summed E-state index contributed by atoms with van der Waals surface area (Å²) in [6.07, 6.45) is 0. The molecule has 0 radical (unpaired) electrons. The minimum atomic E-state index is -0.532. The first-order valence-corrected chi connectivity index (χ1v) is 7.60. The number of non-ortho nitro benzene ring substituents is 1. The molecule has 0 atom stereocenters. The molecule has 0 saturated heterocycles. The highest BCUT2D eigenvalue weighted by Gasteiger charge is 2.13. The van der Waals surface area contributed by atoms with Crippen LogP contribution in [0.25, 0.3) is 11.4 Å². The first-order valence-electron chi connectivity index (χ1n) is 7.60. The third-order valence-corrected chi connectivity index (χ3v) is 3.37. The molecule has 0 aliphatic carbocycles. The van der Waals surface area contributed by atoms with Gasteiger partial charge in [-0.3, -0.25) is 14.9 Å². The van der Waals surface area contributed by atoms with Crippen molar-refractivity contribution in [1.29, 1.82) is 0 Å². The summed E-state index contributed by atoms with van der Waals surface area (Å²) in [5.41, 5.74) is 0.995. The van der Waals surface area contributed by atoms with E-state index in [0.29, 0.717) is 23.0 Å². The zero-order chi connectivity index (χ0) is 18.5. The molecule has 1 aromatic heterocycles. The van der Waals surface area contributed by atoms with Gasteiger partial charge < -0.3 is 14.6 Å². The van der Waals surface area contributed by atoms with Crippen molar-refractivity contribution < 1.29 is 19.0 Å². The van der Waals surface area contributed by atoms with E-state index in [1.165, 1.54) is 24.3 Å². The van der Waals surface area contributed by atoms with Gasteiger partial charge in [-0.25, -0.2) is 0 Å². The summed E-state index contributed by atoms with van der Waals surface area (Å²) in [5, 5.41) is 17.3. The van der Waals surface area contributed by atoms with Gasteiger partial charge in [-0.15, -0.1) is 0 Å². The summed E-state index contributed by atoms with van der Waals surface area (Å²) in [4.78, 5) is 26.5. The third kappa shape index (κ3) is 4.01. The van der Waals surface area contributed by atoms with Crippen LogP contribution in [0.15, 0.2) is 53.1 Å². The molecule has 1 heterocycles. The Labute approximate surface area is 147 Å². The molecule has 9 heteroatoms. The second kappa shape index (κ2) is 7.43. The van der Waals surface area contributed by atoms with Crippen LogP contribution in [0.4, 0.5) is 11.4 Å². The molecular weight excluding hydrogens is 340 g/mol. The number of hydrogen-bond donors (Lipinski definition) is 1. The number of aryl methyl sites for hydroxylation is 1. The van der Waals surface area contributed by atoms with Gasteiger partial charge in [0.1, 0.15) is 5.75 Å².